The monoisotopic (exact) mass is 371 g/mol. The van der Waals surface area contributed by atoms with Crippen LogP contribution in [0.5, 0.6) is 0 Å². The molecule has 4 nitrogen and oxygen atoms in total. The van der Waals surface area contributed by atoms with E-state index < -0.39 is 0 Å². The van der Waals surface area contributed by atoms with Gasteiger partial charge in [0.15, 0.2) is 0 Å². The first-order chi connectivity index (χ1) is 12.1. The molecule has 1 N–H and O–H groups in total. The molecule has 0 fully saturated rings. The van der Waals surface area contributed by atoms with Crippen LogP contribution in [0.2, 0.25) is 5.02 Å². The third-order valence-electron chi connectivity index (χ3n) is 3.80. The van der Waals surface area contributed by atoms with Gasteiger partial charge in [0, 0.05) is 34.4 Å². The Morgan fingerprint density at radius 3 is 2.84 bits per heavy atom. The van der Waals surface area contributed by atoms with E-state index in [-0.39, 0.29) is 12.3 Å². The number of carbonyl (C=O) groups is 1. The molecule has 0 radical (unpaired) electrons. The highest BCUT2D eigenvalue weighted by Gasteiger charge is 2.10. The van der Waals surface area contributed by atoms with Crippen LogP contribution in [0.1, 0.15) is 22.0 Å². The van der Waals surface area contributed by atoms with Gasteiger partial charge in [-0.3, -0.25) is 9.78 Å². The lowest BCUT2D eigenvalue weighted by Crippen LogP contribution is -2.15. The summed E-state index contributed by atoms with van der Waals surface area (Å²) >= 11 is 7.66. The highest BCUT2D eigenvalue weighted by molar-refractivity contribution is 7.09. The molecule has 0 bridgehead atoms. The summed E-state index contributed by atoms with van der Waals surface area (Å²) in [6.45, 7) is 1.89. The molecule has 0 unspecified atom stereocenters. The topological polar surface area (TPSA) is 54.9 Å². The van der Waals surface area contributed by atoms with Crippen LogP contribution in [-0.4, -0.2) is 15.9 Å². The number of hydrogen-bond donors (Lipinski definition) is 1. The van der Waals surface area contributed by atoms with Gasteiger partial charge < -0.3 is 5.32 Å². The minimum absolute atomic E-state index is 0.0908. The zero-order chi connectivity index (χ0) is 17.6. The first kappa shape index (κ1) is 17.6. The van der Waals surface area contributed by atoms with E-state index in [4.69, 9.17) is 11.6 Å². The molecule has 2 heterocycles. The van der Waals surface area contributed by atoms with E-state index in [0.29, 0.717) is 5.02 Å². The number of aryl methyl sites for hydroxylation is 2. The van der Waals surface area contributed by atoms with Gasteiger partial charge in [-0.05, 0) is 43.2 Å². The average Bonchev–Trinajstić information content (AvgIpc) is 3.05. The molecule has 0 atom stereocenters. The number of anilines is 1. The highest BCUT2D eigenvalue weighted by atomic mass is 35.5. The maximum absolute atomic E-state index is 12.2. The molecule has 25 heavy (non-hydrogen) atoms. The van der Waals surface area contributed by atoms with E-state index in [9.17, 15) is 4.79 Å². The van der Waals surface area contributed by atoms with Gasteiger partial charge in [-0.1, -0.05) is 23.7 Å². The molecule has 1 amide bonds. The van der Waals surface area contributed by atoms with Gasteiger partial charge in [0.05, 0.1) is 17.1 Å². The first-order valence-corrected chi connectivity index (χ1v) is 9.26. The Balaban J connectivity index is 1.55. The SMILES string of the molecule is Cc1c(Cl)cccc1NC(=O)Cc1csc(CCc2ccccn2)n1. The Kier molecular flexibility index (Phi) is 5.79. The molecule has 0 aliphatic carbocycles. The number of aromatic nitrogens is 2. The molecule has 3 rings (SSSR count). The Morgan fingerprint density at radius 1 is 1.16 bits per heavy atom. The van der Waals surface area contributed by atoms with Crippen LogP contribution >= 0.6 is 22.9 Å². The molecule has 128 valence electrons. The summed E-state index contributed by atoms with van der Waals surface area (Å²) in [5.74, 6) is -0.0908. The number of nitrogens with zero attached hydrogens (tertiary/aromatic N) is 2. The molecule has 3 aromatic rings. The minimum atomic E-state index is -0.0908. The number of benzene rings is 1. The maximum atomic E-state index is 12.2. The van der Waals surface area contributed by atoms with Crippen LogP contribution < -0.4 is 5.32 Å². The third-order valence-corrected chi connectivity index (χ3v) is 5.17. The van der Waals surface area contributed by atoms with Crippen molar-refractivity contribution in [3.8, 4) is 0 Å². The van der Waals surface area contributed by atoms with Crippen LogP contribution in [0.3, 0.4) is 0 Å². The highest BCUT2D eigenvalue weighted by Crippen LogP contribution is 2.23. The molecule has 0 saturated heterocycles. The second kappa shape index (κ2) is 8.23. The van der Waals surface area contributed by atoms with E-state index in [0.717, 1.165) is 40.5 Å². The number of thiazole rings is 1. The quantitative estimate of drug-likeness (QED) is 0.695. The van der Waals surface area contributed by atoms with E-state index in [1.807, 2.05) is 42.6 Å². The van der Waals surface area contributed by atoms with Crippen molar-refractivity contribution >= 4 is 34.5 Å². The van der Waals surface area contributed by atoms with E-state index in [2.05, 4.69) is 15.3 Å². The lowest BCUT2D eigenvalue weighted by molar-refractivity contribution is -0.115. The fourth-order valence-corrected chi connectivity index (χ4v) is 3.40. The number of rotatable bonds is 6. The average molecular weight is 372 g/mol. The van der Waals surface area contributed by atoms with E-state index in [1.54, 1.807) is 23.6 Å². The van der Waals surface area contributed by atoms with Crippen molar-refractivity contribution in [1.29, 1.82) is 0 Å². The smallest absolute Gasteiger partial charge is 0.230 e. The number of hydrogen-bond acceptors (Lipinski definition) is 4. The predicted octanol–water partition coefficient (Wildman–Crippen LogP) is 4.47. The van der Waals surface area contributed by atoms with Gasteiger partial charge in [0.2, 0.25) is 5.91 Å². The number of amides is 1. The number of halogens is 1. The molecule has 1 aromatic carbocycles. The fourth-order valence-electron chi connectivity index (χ4n) is 2.43. The van der Waals surface area contributed by atoms with Gasteiger partial charge in [-0.15, -0.1) is 11.3 Å². The lowest BCUT2D eigenvalue weighted by atomic mass is 10.2. The van der Waals surface area contributed by atoms with Crippen molar-refractivity contribution < 1.29 is 4.79 Å². The van der Waals surface area contributed by atoms with Crippen molar-refractivity contribution in [2.45, 2.75) is 26.2 Å². The summed E-state index contributed by atoms with van der Waals surface area (Å²) < 4.78 is 0. The minimum Gasteiger partial charge on any atom is -0.325 e. The summed E-state index contributed by atoms with van der Waals surface area (Å²) in [5.41, 5.74) is 3.45. The van der Waals surface area contributed by atoms with Crippen LogP contribution in [0.25, 0.3) is 0 Å². The first-order valence-electron chi connectivity index (χ1n) is 8.00. The Labute approximate surface area is 155 Å². The summed E-state index contributed by atoms with van der Waals surface area (Å²) in [4.78, 5) is 21.1. The van der Waals surface area contributed by atoms with Crippen molar-refractivity contribution in [3.05, 3.63) is 75.0 Å². The van der Waals surface area contributed by atoms with Crippen molar-refractivity contribution in [2.24, 2.45) is 0 Å². The fraction of sp³-hybridized carbons (Fsp3) is 0.211. The second-order valence-corrected chi connectivity index (χ2v) is 7.04. The Hall–Kier alpha value is -2.24. The largest absolute Gasteiger partial charge is 0.325 e. The van der Waals surface area contributed by atoms with Gasteiger partial charge in [-0.2, -0.15) is 0 Å². The number of carbonyl (C=O) groups excluding carboxylic acids is 1. The molecule has 0 saturated carbocycles. The number of nitrogens with one attached hydrogen (secondary N) is 1. The normalized spacial score (nSPS) is 10.6. The molecular weight excluding hydrogens is 354 g/mol. The van der Waals surface area contributed by atoms with E-state index in [1.165, 1.54) is 0 Å². The van der Waals surface area contributed by atoms with Crippen LogP contribution in [0.15, 0.2) is 48.0 Å². The summed E-state index contributed by atoms with van der Waals surface area (Å²) in [7, 11) is 0. The molecular formula is C19H18ClN3OS. The zero-order valence-corrected chi connectivity index (χ0v) is 15.4. The van der Waals surface area contributed by atoms with E-state index >= 15 is 0 Å². The zero-order valence-electron chi connectivity index (χ0n) is 13.8. The van der Waals surface area contributed by atoms with Crippen molar-refractivity contribution in [1.82, 2.24) is 9.97 Å². The van der Waals surface area contributed by atoms with Gasteiger partial charge >= 0.3 is 0 Å². The van der Waals surface area contributed by atoms with Crippen LogP contribution in [0.4, 0.5) is 5.69 Å². The summed E-state index contributed by atoms with van der Waals surface area (Å²) in [6, 6.07) is 11.4. The number of pyridine rings is 1. The standard InChI is InChI=1S/C19H18ClN3OS/c1-13-16(20)6-4-7-17(13)23-18(24)11-15-12-25-19(22-15)9-8-14-5-2-3-10-21-14/h2-7,10,12H,8-9,11H2,1H3,(H,23,24). The Bertz CT molecular complexity index is 864. The molecule has 6 heteroatoms. The Morgan fingerprint density at radius 2 is 2.04 bits per heavy atom. The molecule has 2 aromatic heterocycles. The summed E-state index contributed by atoms with van der Waals surface area (Å²) in [6.07, 6.45) is 3.73. The van der Waals surface area contributed by atoms with Crippen molar-refractivity contribution in [3.63, 3.8) is 0 Å². The summed E-state index contributed by atoms with van der Waals surface area (Å²) in [5, 5.41) is 6.50. The van der Waals surface area contributed by atoms with Gasteiger partial charge in [-0.25, -0.2) is 4.98 Å². The van der Waals surface area contributed by atoms with Crippen LogP contribution in [-0.2, 0) is 24.1 Å². The maximum Gasteiger partial charge on any atom is 0.230 e. The lowest BCUT2D eigenvalue weighted by Gasteiger charge is -2.08. The molecule has 0 spiro atoms. The second-order valence-electron chi connectivity index (χ2n) is 5.69. The molecule has 0 aliphatic heterocycles. The molecule has 0 aliphatic rings. The van der Waals surface area contributed by atoms with Crippen molar-refractivity contribution in [2.75, 3.05) is 5.32 Å². The van der Waals surface area contributed by atoms with Crippen LogP contribution in [0, 0.1) is 6.92 Å². The van der Waals surface area contributed by atoms with Gasteiger partial charge in [0.25, 0.3) is 0 Å². The van der Waals surface area contributed by atoms with Gasteiger partial charge in [0.1, 0.15) is 0 Å². The predicted molar refractivity (Wildman–Crippen MR) is 102 cm³/mol. The third kappa shape index (κ3) is 4.87.